The van der Waals surface area contributed by atoms with Crippen molar-refractivity contribution >= 4 is 29.6 Å². The van der Waals surface area contributed by atoms with Crippen molar-refractivity contribution in [2.45, 2.75) is 18.4 Å². The highest BCUT2D eigenvalue weighted by atomic mass is 32.2. The van der Waals surface area contributed by atoms with Crippen LogP contribution in [0.3, 0.4) is 0 Å². The van der Waals surface area contributed by atoms with Gasteiger partial charge in [-0.25, -0.2) is 4.68 Å². The van der Waals surface area contributed by atoms with Gasteiger partial charge in [-0.1, -0.05) is 18.2 Å². The quantitative estimate of drug-likeness (QED) is 0.529. The molecule has 0 spiro atoms. The number of hydrogen-bond acceptors (Lipinski definition) is 6. The Morgan fingerprint density at radius 1 is 1.09 bits per heavy atom. The summed E-state index contributed by atoms with van der Waals surface area (Å²) in [5, 5.41) is 7.81. The van der Waals surface area contributed by atoms with Crippen molar-refractivity contribution in [1.29, 1.82) is 0 Å². The van der Waals surface area contributed by atoms with Gasteiger partial charge in [-0.05, 0) is 42.3 Å². The summed E-state index contributed by atoms with van der Waals surface area (Å²) in [6.45, 7) is 2.03. The molecule has 166 valence electrons. The van der Waals surface area contributed by atoms with Gasteiger partial charge in [0.1, 0.15) is 5.82 Å². The zero-order chi connectivity index (χ0) is 22.7. The highest BCUT2D eigenvalue weighted by molar-refractivity contribution is 7.98. The van der Waals surface area contributed by atoms with Crippen LogP contribution in [0.5, 0.6) is 17.2 Å². The van der Waals surface area contributed by atoms with Crippen molar-refractivity contribution < 1.29 is 19.0 Å². The number of carbonyl (C=O) groups excluding carboxylic acids is 1. The molecular weight excluding hydrogens is 426 g/mol. The summed E-state index contributed by atoms with van der Waals surface area (Å²) in [5.74, 6) is 3.71. The number of hydrogen-bond donors (Lipinski definition) is 1. The molecule has 0 unspecified atom stereocenters. The van der Waals surface area contributed by atoms with Gasteiger partial charge in [0.2, 0.25) is 11.7 Å². The molecule has 4 rings (SSSR count). The molecule has 0 atom stereocenters. The van der Waals surface area contributed by atoms with Gasteiger partial charge in [-0.15, -0.1) is 0 Å². The second-order valence-electron chi connectivity index (χ2n) is 7.25. The summed E-state index contributed by atoms with van der Waals surface area (Å²) in [4.78, 5) is 12.9. The molecule has 0 aliphatic carbocycles. The summed E-state index contributed by atoms with van der Waals surface area (Å²) in [6.07, 6.45) is 3.20. The molecule has 0 fully saturated rings. The van der Waals surface area contributed by atoms with Gasteiger partial charge < -0.3 is 19.5 Å². The number of aryl methyl sites for hydroxylation is 1. The number of carbonyl (C=O) groups is 1. The van der Waals surface area contributed by atoms with Gasteiger partial charge in [-0.3, -0.25) is 4.79 Å². The van der Waals surface area contributed by atoms with E-state index in [-0.39, 0.29) is 5.91 Å². The third-order valence-corrected chi connectivity index (χ3v) is 6.22. The number of rotatable bonds is 7. The van der Waals surface area contributed by atoms with Crippen LogP contribution in [0.2, 0.25) is 0 Å². The van der Waals surface area contributed by atoms with Crippen LogP contribution in [-0.2, 0) is 16.3 Å². The first-order chi connectivity index (χ1) is 15.5. The number of amides is 1. The zero-order valence-electron chi connectivity index (χ0n) is 18.5. The second kappa shape index (κ2) is 9.40. The summed E-state index contributed by atoms with van der Waals surface area (Å²) in [7, 11) is 4.67. The van der Waals surface area contributed by atoms with Crippen molar-refractivity contribution in [3.05, 3.63) is 64.9 Å². The molecule has 1 amide bonds. The smallest absolute Gasteiger partial charge is 0.249 e. The number of fused-ring (bicyclic) bond motifs is 1. The number of methoxy groups -OCH3 is 3. The van der Waals surface area contributed by atoms with Crippen molar-refractivity contribution in [2.75, 3.05) is 26.6 Å². The lowest BCUT2D eigenvalue weighted by atomic mass is 10.1. The van der Waals surface area contributed by atoms with E-state index < -0.39 is 0 Å². The lowest BCUT2D eigenvalue weighted by Crippen LogP contribution is -2.14. The van der Waals surface area contributed by atoms with Gasteiger partial charge in [0, 0.05) is 23.1 Å². The van der Waals surface area contributed by atoms with E-state index in [0.717, 1.165) is 45.4 Å². The van der Waals surface area contributed by atoms with Crippen molar-refractivity contribution in [3.63, 3.8) is 0 Å². The maximum atomic E-state index is 12.9. The molecule has 1 aliphatic rings. The van der Waals surface area contributed by atoms with Crippen LogP contribution in [0.15, 0.2) is 42.5 Å². The van der Waals surface area contributed by atoms with Gasteiger partial charge in [0.15, 0.2) is 11.5 Å². The van der Waals surface area contributed by atoms with E-state index in [1.807, 2.05) is 35.9 Å². The van der Waals surface area contributed by atoms with Crippen LogP contribution in [0, 0.1) is 6.92 Å². The normalized spacial score (nSPS) is 12.6. The van der Waals surface area contributed by atoms with E-state index in [1.54, 1.807) is 51.3 Å². The maximum absolute atomic E-state index is 12.9. The molecule has 3 aromatic rings. The predicted octanol–water partition coefficient (Wildman–Crippen LogP) is 4.61. The lowest BCUT2D eigenvalue weighted by molar-refractivity contribution is -0.111. The van der Waals surface area contributed by atoms with Crippen molar-refractivity contribution in [2.24, 2.45) is 0 Å². The number of anilines is 1. The zero-order valence-corrected chi connectivity index (χ0v) is 19.3. The van der Waals surface area contributed by atoms with Crippen molar-refractivity contribution in [3.8, 4) is 22.9 Å². The Bertz CT molecular complexity index is 1160. The molecule has 32 heavy (non-hydrogen) atoms. The Kier molecular flexibility index (Phi) is 6.41. The number of thioether (sulfide) groups is 1. The molecule has 7 nitrogen and oxygen atoms in total. The Balaban J connectivity index is 1.62. The average molecular weight is 452 g/mol. The number of nitrogens with zero attached hydrogens (tertiary/aromatic N) is 2. The van der Waals surface area contributed by atoms with E-state index >= 15 is 0 Å². The highest BCUT2D eigenvalue weighted by Gasteiger charge is 2.24. The largest absolute Gasteiger partial charge is 0.493 e. The SMILES string of the molecule is COc1cc(C=CC(=O)Nc2c3c(nn2-c2ccccc2C)CSC3)cc(OC)c1OC. The summed E-state index contributed by atoms with van der Waals surface area (Å²) in [5.41, 5.74) is 4.89. The summed E-state index contributed by atoms with van der Waals surface area (Å²) >= 11 is 1.80. The van der Waals surface area contributed by atoms with Crippen LogP contribution in [0.1, 0.15) is 22.4 Å². The molecular formula is C24H25N3O4S. The highest BCUT2D eigenvalue weighted by Crippen LogP contribution is 2.39. The first kappa shape index (κ1) is 21.8. The third-order valence-electron chi connectivity index (χ3n) is 5.25. The molecule has 1 N–H and O–H groups in total. The fraction of sp³-hybridized carbons (Fsp3) is 0.250. The van der Waals surface area contributed by atoms with Gasteiger partial charge >= 0.3 is 0 Å². The molecule has 0 radical (unpaired) electrons. The van der Waals surface area contributed by atoms with Crippen LogP contribution in [-0.4, -0.2) is 37.0 Å². The lowest BCUT2D eigenvalue weighted by Gasteiger charge is -2.13. The topological polar surface area (TPSA) is 74.6 Å². The van der Waals surface area contributed by atoms with E-state index in [4.69, 9.17) is 19.3 Å². The molecule has 0 saturated heterocycles. The Morgan fingerprint density at radius 3 is 2.47 bits per heavy atom. The summed E-state index contributed by atoms with van der Waals surface area (Å²) in [6, 6.07) is 11.6. The van der Waals surface area contributed by atoms with E-state index in [9.17, 15) is 4.79 Å². The van der Waals surface area contributed by atoms with Gasteiger partial charge in [-0.2, -0.15) is 16.9 Å². The van der Waals surface area contributed by atoms with E-state index in [2.05, 4.69) is 5.32 Å². The standard InChI is InChI=1S/C24H25N3O4S/c1-15-7-5-6-8-19(15)27-24(17-13-32-14-18(17)26-27)25-22(28)10-9-16-11-20(29-2)23(31-4)21(12-16)30-3/h5-12H,13-14H2,1-4H3,(H,25,28). The molecule has 0 bridgehead atoms. The van der Waals surface area contributed by atoms with Gasteiger partial charge in [0.25, 0.3) is 0 Å². The monoisotopic (exact) mass is 451 g/mol. The number of aromatic nitrogens is 2. The van der Waals surface area contributed by atoms with E-state index in [1.165, 1.54) is 6.08 Å². The van der Waals surface area contributed by atoms with Crippen LogP contribution in [0.25, 0.3) is 11.8 Å². The number of ether oxygens (including phenoxy) is 3. The minimum atomic E-state index is -0.242. The van der Waals surface area contributed by atoms with Crippen LogP contribution in [0.4, 0.5) is 5.82 Å². The van der Waals surface area contributed by atoms with Crippen LogP contribution < -0.4 is 19.5 Å². The molecule has 2 aromatic carbocycles. The average Bonchev–Trinajstić information content (AvgIpc) is 3.39. The third kappa shape index (κ3) is 4.18. The van der Waals surface area contributed by atoms with Crippen molar-refractivity contribution in [1.82, 2.24) is 9.78 Å². The number of benzene rings is 2. The van der Waals surface area contributed by atoms with Gasteiger partial charge in [0.05, 0.1) is 32.7 Å². The first-order valence-corrected chi connectivity index (χ1v) is 11.2. The Morgan fingerprint density at radius 2 is 1.81 bits per heavy atom. The minimum absolute atomic E-state index is 0.242. The fourth-order valence-corrected chi connectivity index (χ4v) is 4.68. The molecule has 1 aliphatic heterocycles. The number of para-hydroxylation sites is 1. The molecule has 2 heterocycles. The minimum Gasteiger partial charge on any atom is -0.493 e. The fourth-order valence-electron chi connectivity index (χ4n) is 3.64. The maximum Gasteiger partial charge on any atom is 0.249 e. The Labute approximate surface area is 191 Å². The predicted molar refractivity (Wildman–Crippen MR) is 127 cm³/mol. The summed E-state index contributed by atoms with van der Waals surface area (Å²) < 4.78 is 18.0. The van der Waals surface area contributed by atoms with E-state index in [0.29, 0.717) is 17.2 Å². The second-order valence-corrected chi connectivity index (χ2v) is 8.23. The Hall–Kier alpha value is -3.39. The first-order valence-electron chi connectivity index (χ1n) is 10.1. The molecule has 0 saturated carbocycles. The van der Waals surface area contributed by atoms with Crippen LogP contribution >= 0.6 is 11.8 Å². The number of nitrogens with one attached hydrogen (secondary N) is 1. The molecule has 1 aromatic heterocycles. The molecule has 8 heteroatoms.